The molecule has 3 nitrogen and oxygen atoms in total. The Bertz CT molecular complexity index is 426. The Morgan fingerprint density at radius 1 is 1.59 bits per heavy atom. The van der Waals surface area contributed by atoms with Crippen LogP contribution in [0.1, 0.15) is 18.5 Å². The van der Waals surface area contributed by atoms with Gasteiger partial charge in [0.25, 0.3) is 0 Å². The maximum Gasteiger partial charge on any atom is 0.234 e. The van der Waals surface area contributed by atoms with Crippen molar-refractivity contribution in [1.82, 2.24) is 10.6 Å². The molecule has 4 heteroatoms. The van der Waals surface area contributed by atoms with Gasteiger partial charge in [-0.15, -0.1) is 6.42 Å². The normalized spacial score (nSPS) is 11.6. The Hall–Kier alpha value is -1.50. The van der Waals surface area contributed by atoms with Crippen molar-refractivity contribution in [2.24, 2.45) is 0 Å². The molecule has 90 valence electrons. The van der Waals surface area contributed by atoms with Gasteiger partial charge in [-0.1, -0.05) is 29.7 Å². The first-order chi connectivity index (χ1) is 8.13. The highest BCUT2D eigenvalue weighted by Gasteiger charge is 2.08. The van der Waals surface area contributed by atoms with Gasteiger partial charge in [-0.05, 0) is 24.6 Å². The summed E-state index contributed by atoms with van der Waals surface area (Å²) < 4.78 is 0. The SMILES string of the molecule is C#CCNCC(=O)N[C@H](C)c1cccc(Cl)c1. The smallest absolute Gasteiger partial charge is 0.234 e. The maximum atomic E-state index is 11.5. The third kappa shape index (κ3) is 4.90. The van der Waals surface area contributed by atoms with E-state index < -0.39 is 0 Å². The first-order valence-electron chi connectivity index (χ1n) is 5.32. The fourth-order valence-corrected chi connectivity index (χ4v) is 1.60. The lowest BCUT2D eigenvalue weighted by Crippen LogP contribution is -2.35. The van der Waals surface area contributed by atoms with Gasteiger partial charge in [-0.3, -0.25) is 10.1 Å². The number of hydrogen-bond donors (Lipinski definition) is 2. The average Bonchev–Trinajstić information content (AvgIpc) is 2.29. The molecule has 0 radical (unpaired) electrons. The number of amides is 1. The Morgan fingerprint density at radius 2 is 2.35 bits per heavy atom. The Balaban J connectivity index is 2.46. The molecular weight excluding hydrogens is 236 g/mol. The summed E-state index contributed by atoms with van der Waals surface area (Å²) in [5.74, 6) is 2.32. The van der Waals surface area contributed by atoms with Crippen molar-refractivity contribution in [3.05, 3.63) is 34.9 Å². The van der Waals surface area contributed by atoms with E-state index in [1.54, 1.807) is 6.07 Å². The fourth-order valence-electron chi connectivity index (χ4n) is 1.40. The molecule has 0 aliphatic carbocycles. The second-order valence-corrected chi connectivity index (χ2v) is 4.09. The molecule has 0 saturated carbocycles. The van der Waals surface area contributed by atoms with Gasteiger partial charge < -0.3 is 5.32 Å². The van der Waals surface area contributed by atoms with Crippen LogP contribution in [0.25, 0.3) is 0 Å². The van der Waals surface area contributed by atoms with E-state index in [9.17, 15) is 4.79 Å². The zero-order valence-electron chi connectivity index (χ0n) is 9.66. The highest BCUT2D eigenvalue weighted by Crippen LogP contribution is 2.16. The van der Waals surface area contributed by atoms with Crippen LogP contribution in [-0.2, 0) is 4.79 Å². The highest BCUT2D eigenvalue weighted by molar-refractivity contribution is 6.30. The standard InChI is InChI=1S/C13H15ClN2O/c1-3-7-15-9-13(17)16-10(2)11-5-4-6-12(14)8-11/h1,4-6,8,10,15H,7,9H2,2H3,(H,16,17)/t10-/m1/s1. The molecule has 0 aliphatic heterocycles. The van der Waals surface area contributed by atoms with E-state index in [1.165, 1.54) is 0 Å². The van der Waals surface area contributed by atoms with Gasteiger partial charge in [0.1, 0.15) is 0 Å². The molecular formula is C13H15ClN2O. The maximum absolute atomic E-state index is 11.5. The molecule has 2 N–H and O–H groups in total. The van der Waals surface area contributed by atoms with Crippen molar-refractivity contribution in [2.75, 3.05) is 13.1 Å². The summed E-state index contributed by atoms with van der Waals surface area (Å²) in [6.07, 6.45) is 5.06. The predicted octanol–water partition coefficient (Wildman–Crippen LogP) is 1.74. The van der Waals surface area contributed by atoms with Crippen molar-refractivity contribution in [3.8, 4) is 12.3 Å². The van der Waals surface area contributed by atoms with E-state index in [-0.39, 0.29) is 18.5 Å². The number of terminal acetylenes is 1. The molecule has 1 amide bonds. The van der Waals surface area contributed by atoms with Crippen LogP contribution < -0.4 is 10.6 Å². The van der Waals surface area contributed by atoms with Crippen molar-refractivity contribution in [1.29, 1.82) is 0 Å². The van der Waals surface area contributed by atoms with Crippen LogP contribution in [-0.4, -0.2) is 19.0 Å². The van der Waals surface area contributed by atoms with Crippen LogP contribution in [0.4, 0.5) is 0 Å². The molecule has 0 fully saturated rings. The van der Waals surface area contributed by atoms with Gasteiger partial charge in [-0.2, -0.15) is 0 Å². The van der Waals surface area contributed by atoms with E-state index in [0.29, 0.717) is 11.6 Å². The van der Waals surface area contributed by atoms with Gasteiger partial charge in [0, 0.05) is 5.02 Å². The molecule has 17 heavy (non-hydrogen) atoms. The lowest BCUT2D eigenvalue weighted by molar-refractivity contribution is -0.120. The quantitative estimate of drug-likeness (QED) is 0.617. The molecule has 0 saturated heterocycles. The molecule has 0 spiro atoms. The Labute approximate surface area is 107 Å². The minimum Gasteiger partial charge on any atom is -0.348 e. The van der Waals surface area contributed by atoms with E-state index >= 15 is 0 Å². The van der Waals surface area contributed by atoms with Crippen LogP contribution in [0, 0.1) is 12.3 Å². The number of carbonyl (C=O) groups is 1. The van der Waals surface area contributed by atoms with Gasteiger partial charge in [-0.25, -0.2) is 0 Å². The van der Waals surface area contributed by atoms with Gasteiger partial charge >= 0.3 is 0 Å². The monoisotopic (exact) mass is 250 g/mol. The van der Waals surface area contributed by atoms with Crippen molar-refractivity contribution >= 4 is 17.5 Å². The molecule has 0 aliphatic rings. The zero-order chi connectivity index (χ0) is 12.7. The van der Waals surface area contributed by atoms with Crippen molar-refractivity contribution in [2.45, 2.75) is 13.0 Å². The minimum absolute atomic E-state index is 0.0752. The molecule has 0 bridgehead atoms. The lowest BCUT2D eigenvalue weighted by Gasteiger charge is -2.14. The summed E-state index contributed by atoms with van der Waals surface area (Å²) in [7, 11) is 0. The number of rotatable bonds is 5. The number of carbonyl (C=O) groups excluding carboxylic acids is 1. The number of hydrogen-bond acceptors (Lipinski definition) is 2. The molecule has 1 aromatic carbocycles. The molecule has 1 atom stereocenters. The summed E-state index contributed by atoms with van der Waals surface area (Å²) in [5, 5.41) is 6.34. The van der Waals surface area contributed by atoms with Gasteiger partial charge in [0.05, 0.1) is 19.1 Å². The van der Waals surface area contributed by atoms with Crippen LogP contribution in [0.15, 0.2) is 24.3 Å². The van der Waals surface area contributed by atoms with Crippen LogP contribution in [0.3, 0.4) is 0 Å². The summed E-state index contributed by atoms with van der Waals surface area (Å²) in [6, 6.07) is 7.34. The third-order valence-corrected chi connectivity index (χ3v) is 2.47. The van der Waals surface area contributed by atoms with Gasteiger partial charge in [0.15, 0.2) is 0 Å². The van der Waals surface area contributed by atoms with Crippen molar-refractivity contribution in [3.63, 3.8) is 0 Å². The molecule has 1 rings (SSSR count). The molecule has 1 aromatic rings. The summed E-state index contributed by atoms with van der Waals surface area (Å²) in [5.41, 5.74) is 0.975. The summed E-state index contributed by atoms with van der Waals surface area (Å²) >= 11 is 5.88. The average molecular weight is 251 g/mol. The molecule has 0 aromatic heterocycles. The topological polar surface area (TPSA) is 41.1 Å². The third-order valence-electron chi connectivity index (χ3n) is 2.24. The second kappa shape index (κ2) is 6.95. The fraction of sp³-hybridized carbons (Fsp3) is 0.308. The first-order valence-corrected chi connectivity index (χ1v) is 5.70. The van der Waals surface area contributed by atoms with E-state index in [2.05, 4.69) is 16.6 Å². The van der Waals surface area contributed by atoms with Crippen molar-refractivity contribution < 1.29 is 4.79 Å². The number of halogens is 1. The largest absolute Gasteiger partial charge is 0.348 e. The lowest BCUT2D eigenvalue weighted by atomic mass is 10.1. The zero-order valence-corrected chi connectivity index (χ0v) is 10.4. The molecule has 0 heterocycles. The highest BCUT2D eigenvalue weighted by atomic mass is 35.5. The first kappa shape index (κ1) is 13.6. The Morgan fingerprint density at radius 3 is 3.00 bits per heavy atom. The molecule has 0 unspecified atom stereocenters. The summed E-state index contributed by atoms with van der Waals surface area (Å²) in [6.45, 7) is 2.51. The van der Waals surface area contributed by atoms with E-state index in [0.717, 1.165) is 5.56 Å². The Kier molecular flexibility index (Phi) is 5.55. The predicted molar refractivity (Wildman–Crippen MR) is 69.7 cm³/mol. The van der Waals surface area contributed by atoms with Crippen LogP contribution >= 0.6 is 11.6 Å². The van der Waals surface area contributed by atoms with E-state index in [4.69, 9.17) is 18.0 Å². The minimum atomic E-state index is -0.0901. The van der Waals surface area contributed by atoms with Gasteiger partial charge in [0.2, 0.25) is 5.91 Å². The van der Waals surface area contributed by atoms with Crippen LogP contribution in [0.2, 0.25) is 5.02 Å². The number of benzene rings is 1. The van der Waals surface area contributed by atoms with E-state index in [1.807, 2.05) is 25.1 Å². The second-order valence-electron chi connectivity index (χ2n) is 3.65. The van der Waals surface area contributed by atoms with Crippen LogP contribution in [0.5, 0.6) is 0 Å². The summed E-state index contributed by atoms with van der Waals surface area (Å²) in [4.78, 5) is 11.5. The number of nitrogens with one attached hydrogen (secondary N) is 2.